The van der Waals surface area contributed by atoms with Gasteiger partial charge in [0.25, 0.3) is 0 Å². The lowest BCUT2D eigenvalue weighted by atomic mass is 9.97. The third-order valence-electron chi connectivity index (χ3n) is 3.63. The summed E-state index contributed by atoms with van der Waals surface area (Å²) >= 11 is 0. The summed E-state index contributed by atoms with van der Waals surface area (Å²) in [6.07, 6.45) is 2.08. The standard InChI is InChI=1S/C15H29N3O/c1-7-16-13(9-10-15(4,5)19-6)14-11-12(3)17-18(14)8-2/h11,13,16H,7-10H2,1-6H3. The molecule has 0 saturated carbocycles. The fraction of sp³-hybridized carbons (Fsp3) is 0.800. The van der Waals surface area contributed by atoms with Crippen molar-refractivity contribution in [2.75, 3.05) is 13.7 Å². The van der Waals surface area contributed by atoms with Crippen LogP contribution in [0, 0.1) is 6.92 Å². The Balaban J connectivity index is 2.81. The number of aromatic nitrogens is 2. The molecule has 0 aliphatic heterocycles. The van der Waals surface area contributed by atoms with Crippen LogP contribution in [-0.4, -0.2) is 29.0 Å². The van der Waals surface area contributed by atoms with Gasteiger partial charge >= 0.3 is 0 Å². The van der Waals surface area contributed by atoms with E-state index in [-0.39, 0.29) is 5.60 Å². The van der Waals surface area contributed by atoms with Gasteiger partial charge in [0.1, 0.15) is 0 Å². The summed E-state index contributed by atoms with van der Waals surface area (Å²) in [7, 11) is 1.78. The van der Waals surface area contributed by atoms with Crippen LogP contribution >= 0.6 is 0 Å². The number of rotatable bonds is 8. The highest BCUT2D eigenvalue weighted by Crippen LogP contribution is 2.25. The fourth-order valence-electron chi connectivity index (χ4n) is 2.29. The quantitative estimate of drug-likeness (QED) is 0.787. The molecule has 0 fully saturated rings. The zero-order valence-corrected chi connectivity index (χ0v) is 13.3. The summed E-state index contributed by atoms with van der Waals surface area (Å²) in [5.74, 6) is 0. The van der Waals surface area contributed by atoms with E-state index in [2.05, 4.69) is 55.8 Å². The molecule has 0 radical (unpaired) electrons. The zero-order chi connectivity index (χ0) is 14.5. The van der Waals surface area contributed by atoms with Crippen molar-refractivity contribution < 1.29 is 4.74 Å². The highest BCUT2D eigenvalue weighted by molar-refractivity contribution is 5.13. The molecule has 1 aromatic heterocycles. The molecule has 0 amide bonds. The molecule has 19 heavy (non-hydrogen) atoms. The number of ether oxygens (including phenoxy) is 1. The van der Waals surface area contributed by atoms with E-state index in [4.69, 9.17) is 4.74 Å². The average Bonchev–Trinajstić information content (AvgIpc) is 2.75. The maximum Gasteiger partial charge on any atom is 0.0623 e. The van der Waals surface area contributed by atoms with Crippen LogP contribution in [0.2, 0.25) is 0 Å². The lowest BCUT2D eigenvalue weighted by Crippen LogP contribution is -2.28. The minimum Gasteiger partial charge on any atom is -0.379 e. The average molecular weight is 267 g/mol. The molecule has 1 N–H and O–H groups in total. The number of nitrogens with one attached hydrogen (secondary N) is 1. The highest BCUT2D eigenvalue weighted by atomic mass is 16.5. The Hall–Kier alpha value is -0.870. The van der Waals surface area contributed by atoms with Crippen LogP contribution in [0.3, 0.4) is 0 Å². The molecule has 1 aromatic rings. The van der Waals surface area contributed by atoms with E-state index in [1.807, 2.05) is 0 Å². The van der Waals surface area contributed by atoms with Crippen molar-refractivity contribution in [2.24, 2.45) is 0 Å². The SMILES string of the molecule is CCNC(CCC(C)(C)OC)c1cc(C)nn1CC. The topological polar surface area (TPSA) is 39.1 Å². The van der Waals surface area contributed by atoms with Crippen molar-refractivity contribution >= 4 is 0 Å². The van der Waals surface area contributed by atoms with E-state index in [9.17, 15) is 0 Å². The Labute approximate surface area is 117 Å². The minimum absolute atomic E-state index is 0.0697. The van der Waals surface area contributed by atoms with Crippen LogP contribution in [0.5, 0.6) is 0 Å². The first-order valence-electron chi connectivity index (χ1n) is 7.26. The second-order valence-corrected chi connectivity index (χ2v) is 5.64. The molecule has 1 rings (SSSR count). The molecule has 4 heteroatoms. The Morgan fingerprint density at radius 3 is 2.63 bits per heavy atom. The van der Waals surface area contributed by atoms with Crippen LogP contribution < -0.4 is 5.32 Å². The third kappa shape index (κ3) is 4.62. The van der Waals surface area contributed by atoms with Gasteiger partial charge in [0.15, 0.2) is 0 Å². The predicted molar refractivity (Wildman–Crippen MR) is 79.4 cm³/mol. The number of hydrogen-bond donors (Lipinski definition) is 1. The van der Waals surface area contributed by atoms with Crippen LogP contribution in [0.4, 0.5) is 0 Å². The second kappa shape index (κ2) is 7.06. The number of hydrogen-bond acceptors (Lipinski definition) is 3. The van der Waals surface area contributed by atoms with Crippen LogP contribution in [0.15, 0.2) is 6.07 Å². The van der Waals surface area contributed by atoms with Crippen LogP contribution in [-0.2, 0) is 11.3 Å². The second-order valence-electron chi connectivity index (χ2n) is 5.64. The van der Waals surface area contributed by atoms with E-state index >= 15 is 0 Å². The maximum atomic E-state index is 5.51. The van der Waals surface area contributed by atoms with Crippen molar-refractivity contribution in [3.8, 4) is 0 Å². The number of nitrogens with zero attached hydrogens (tertiary/aromatic N) is 2. The van der Waals surface area contributed by atoms with E-state index in [1.54, 1.807) is 7.11 Å². The van der Waals surface area contributed by atoms with Gasteiger partial charge in [-0.2, -0.15) is 5.10 Å². The summed E-state index contributed by atoms with van der Waals surface area (Å²) in [6, 6.07) is 2.54. The molecule has 1 unspecified atom stereocenters. The Morgan fingerprint density at radius 2 is 2.11 bits per heavy atom. The van der Waals surface area contributed by atoms with E-state index < -0.39 is 0 Å². The van der Waals surface area contributed by atoms with Crippen LogP contribution in [0.1, 0.15) is 58.0 Å². The zero-order valence-electron chi connectivity index (χ0n) is 13.3. The Morgan fingerprint density at radius 1 is 1.42 bits per heavy atom. The van der Waals surface area contributed by atoms with Crippen molar-refractivity contribution in [2.45, 2.75) is 65.6 Å². The summed E-state index contributed by atoms with van der Waals surface area (Å²) in [4.78, 5) is 0. The van der Waals surface area contributed by atoms with E-state index in [0.29, 0.717) is 6.04 Å². The van der Waals surface area contributed by atoms with Gasteiger partial charge in [-0.3, -0.25) is 4.68 Å². The Bertz CT molecular complexity index is 385. The number of aryl methyl sites for hydroxylation is 2. The molecule has 1 heterocycles. The molecule has 1 atom stereocenters. The van der Waals surface area contributed by atoms with Gasteiger partial charge in [-0.05, 0) is 53.1 Å². The van der Waals surface area contributed by atoms with Crippen molar-refractivity contribution in [1.82, 2.24) is 15.1 Å². The van der Waals surface area contributed by atoms with Gasteiger partial charge in [0.05, 0.1) is 17.0 Å². The first-order valence-corrected chi connectivity index (χ1v) is 7.26. The normalized spacial score (nSPS) is 13.8. The van der Waals surface area contributed by atoms with E-state index in [0.717, 1.165) is 31.6 Å². The fourth-order valence-corrected chi connectivity index (χ4v) is 2.29. The lowest BCUT2D eigenvalue weighted by molar-refractivity contribution is 0.0115. The van der Waals surface area contributed by atoms with Gasteiger partial charge < -0.3 is 10.1 Å². The molecular formula is C15H29N3O. The molecule has 0 aliphatic rings. The van der Waals surface area contributed by atoms with Crippen LogP contribution in [0.25, 0.3) is 0 Å². The molecule has 110 valence electrons. The van der Waals surface area contributed by atoms with Crippen molar-refractivity contribution in [3.05, 3.63) is 17.5 Å². The molecule has 0 saturated heterocycles. The largest absolute Gasteiger partial charge is 0.379 e. The smallest absolute Gasteiger partial charge is 0.0623 e. The lowest BCUT2D eigenvalue weighted by Gasteiger charge is -2.26. The predicted octanol–water partition coefficient (Wildman–Crippen LogP) is 3.07. The van der Waals surface area contributed by atoms with Gasteiger partial charge in [0, 0.05) is 19.7 Å². The minimum atomic E-state index is -0.0697. The van der Waals surface area contributed by atoms with Gasteiger partial charge in [-0.15, -0.1) is 0 Å². The van der Waals surface area contributed by atoms with Crippen molar-refractivity contribution in [1.29, 1.82) is 0 Å². The monoisotopic (exact) mass is 267 g/mol. The molecule has 0 aromatic carbocycles. The molecule has 0 aliphatic carbocycles. The molecule has 0 bridgehead atoms. The summed E-state index contributed by atoms with van der Waals surface area (Å²) < 4.78 is 7.61. The van der Waals surface area contributed by atoms with E-state index in [1.165, 1.54) is 5.69 Å². The van der Waals surface area contributed by atoms with Gasteiger partial charge in [0.2, 0.25) is 0 Å². The Kier molecular flexibility index (Phi) is 6.01. The molecule has 4 nitrogen and oxygen atoms in total. The first kappa shape index (κ1) is 16.2. The summed E-state index contributed by atoms with van der Waals surface area (Å²) in [5.41, 5.74) is 2.30. The number of methoxy groups -OCH3 is 1. The third-order valence-corrected chi connectivity index (χ3v) is 3.63. The summed E-state index contributed by atoms with van der Waals surface area (Å²) in [6.45, 7) is 12.5. The highest BCUT2D eigenvalue weighted by Gasteiger charge is 2.22. The summed E-state index contributed by atoms with van der Waals surface area (Å²) in [5, 5.41) is 8.11. The molecule has 0 spiro atoms. The van der Waals surface area contributed by atoms with Crippen molar-refractivity contribution in [3.63, 3.8) is 0 Å². The molecular weight excluding hydrogens is 238 g/mol. The van der Waals surface area contributed by atoms with Gasteiger partial charge in [-0.25, -0.2) is 0 Å². The van der Waals surface area contributed by atoms with Gasteiger partial charge in [-0.1, -0.05) is 6.92 Å². The maximum absolute atomic E-state index is 5.51. The first-order chi connectivity index (χ1) is 8.93.